The molecular weight excluding hydrogens is 168 g/mol. The zero-order valence-electron chi connectivity index (χ0n) is 7.07. The number of carboxylic acid groups (broad SMARTS) is 1. The third-order valence-corrected chi connectivity index (χ3v) is 2.04. The highest BCUT2D eigenvalue weighted by Crippen LogP contribution is 2.24. The van der Waals surface area contributed by atoms with Crippen molar-refractivity contribution in [1.82, 2.24) is 0 Å². The Balaban J connectivity index is 2.86. The van der Waals surface area contributed by atoms with Crippen LogP contribution in [0, 0.1) is 6.92 Å². The summed E-state index contributed by atoms with van der Waals surface area (Å²) in [5.74, 6) is -0.951. The first kappa shape index (κ1) is 7.86. The molecule has 66 valence electrons. The highest BCUT2D eigenvalue weighted by Gasteiger charge is 2.13. The van der Waals surface area contributed by atoms with Crippen LogP contribution in [0.2, 0.25) is 0 Å². The molecule has 0 fully saturated rings. The highest BCUT2D eigenvalue weighted by atomic mass is 16.4. The van der Waals surface area contributed by atoms with Crippen LogP contribution in [-0.4, -0.2) is 11.1 Å². The monoisotopic (exact) mass is 176 g/mol. The van der Waals surface area contributed by atoms with E-state index in [1.165, 1.54) is 6.26 Å². The molecule has 0 aliphatic rings. The standard InChI is InChI=1S/C10H8O3/c1-6-3-2-4-8-9(6)7(5-13-8)10(11)12/h2-5H,1H3,(H,11,12). The van der Waals surface area contributed by atoms with Crippen molar-refractivity contribution in [3.63, 3.8) is 0 Å². The van der Waals surface area contributed by atoms with Gasteiger partial charge in [0, 0.05) is 5.39 Å². The molecule has 0 bridgehead atoms. The van der Waals surface area contributed by atoms with Crippen LogP contribution in [0.4, 0.5) is 0 Å². The smallest absolute Gasteiger partial charge is 0.339 e. The molecule has 0 saturated heterocycles. The average Bonchev–Trinajstić information content (AvgIpc) is 2.49. The van der Waals surface area contributed by atoms with E-state index in [-0.39, 0.29) is 5.56 Å². The second-order valence-electron chi connectivity index (χ2n) is 2.90. The van der Waals surface area contributed by atoms with Crippen molar-refractivity contribution in [1.29, 1.82) is 0 Å². The number of rotatable bonds is 1. The van der Waals surface area contributed by atoms with E-state index >= 15 is 0 Å². The van der Waals surface area contributed by atoms with Gasteiger partial charge < -0.3 is 9.52 Å². The Morgan fingerprint density at radius 2 is 2.23 bits per heavy atom. The maximum absolute atomic E-state index is 10.8. The third-order valence-electron chi connectivity index (χ3n) is 2.04. The van der Waals surface area contributed by atoms with Gasteiger partial charge in [0.05, 0.1) is 0 Å². The molecule has 2 rings (SSSR count). The lowest BCUT2D eigenvalue weighted by Gasteiger charge is -1.94. The topological polar surface area (TPSA) is 50.4 Å². The van der Waals surface area contributed by atoms with Gasteiger partial charge in [0.15, 0.2) is 0 Å². The summed E-state index contributed by atoms with van der Waals surface area (Å²) in [5.41, 5.74) is 1.77. The Morgan fingerprint density at radius 1 is 1.46 bits per heavy atom. The van der Waals surface area contributed by atoms with Crippen molar-refractivity contribution in [3.8, 4) is 0 Å². The van der Waals surface area contributed by atoms with E-state index in [4.69, 9.17) is 9.52 Å². The van der Waals surface area contributed by atoms with Crippen molar-refractivity contribution in [2.75, 3.05) is 0 Å². The molecule has 0 aliphatic carbocycles. The van der Waals surface area contributed by atoms with E-state index in [9.17, 15) is 4.79 Å². The summed E-state index contributed by atoms with van der Waals surface area (Å²) in [6.07, 6.45) is 1.28. The number of aryl methyl sites for hydroxylation is 1. The number of carbonyl (C=O) groups is 1. The largest absolute Gasteiger partial charge is 0.478 e. The van der Waals surface area contributed by atoms with E-state index < -0.39 is 5.97 Å². The van der Waals surface area contributed by atoms with Gasteiger partial charge in [-0.3, -0.25) is 0 Å². The van der Waals surface area contributed by atoms with Crippen molar-refractivity contribution in [3.05, 3.63) is 35.6 Å². The van der Waals surface area contributed by atoms with Crippen LogP contribution in [0.1, 0.15) is 15.9 Å². The molecule has 1 N–H and O–H groups in total. The second kappa shape index (κ2) is 2.62. The van der Waals surface area contributed by atoms with E-state index in [1.54, 1.807) is 6.07 Å². The Hall–Kier alpha value is -1.77. The summed E-state index contributed by atoms with van der Waals surface area (Å²) in [5, 5.41) is 9.53. The average molecular weight is 176 g/mol. The lowest BCUT2D eigenvalue weighted by Crippen LogP contribution is -1.94. The summed E-state index contributed by atoms with van der Waals surface area (Å²) in [6.45, 7) is 1.87. The van der Waals surface area contributed by atoms with E-state index in [2.05, 4.69) is 0 Å². The van der Waals surface area contributed by atoms with Crippen LogP contribution in [0.5, 0.6) is 0 Å². The SMILES string of the molecule is Cc1cccc2occ(C(=O)O)c12. The van der Waals surface area contributed by atoms with Crippen molar-refractivity contribution >= 4 is 16.9 Å². The van der Waals surface area contributed by atoms with E-state index in [0.717, 1.165) is 5.56 Å². The van der Waals surface area contributed by atoms with Gasteiger partial charge in [-0.2, -0.15) is 0 Å². The summed E-state index contributed by atoms with van der Waals surface area (Å²) in [7, 11) is 0. The number of carboxylic acids is 1. The van der Waals surface area contributed by atoms with Crippen molar-refractivity contribution in [2.45, 2.75) is 6.92 Å². The molecule has 0 spiro atoms. The molecule has 1 heterocycles. The lowest BCUT2D eigenvalue weighted by molar-refractivity contribution is 0.0698. The summed E-state index contributed by atoms with van der Waals surface area (Å²) < 4.78 is 5.11. The first-order chi connectivity index (χ1) is 6.20. The fraction of sp³-hybridized carbons (Fsp3) is 0.100. The Kier molecular flexibility index (Phi) is 1.59. The molecule has 1 aromatic heterocycles. The number of furan rings is 1. The molecular formula is C10H8O3. The van der Waals surface area contributed by atoms with E-state index in [0.29, 0.717) is 11.0 Å². The van der Waals surface area contributed by atoms with Crippen LogP contribution >= 0.6 is 0 Å². The molecule has 0 unspecified atom stereocenters. The first-order valence-electron chi connectivity index (χ1n) is 3.90. The van der Waals surface area contributed by atoms with E-state index in [1.807, 2.05) is 19.1 Å². The molecule has 3 nitrogen and oxygen atoms in total. The minimum absolute atomic E-state index is 0.230. The van der Waals surface area contributed by atoms with Gasteiger partial charge in [-0.1, -0.05) is 12.1 Å². The number of hydrogen-bond donors (Lipinski definition) is 1. The highest BCUT2D eigenvalue weighted by molar-refractivity contribution is 6.03. The molecule has 0 radical (unpaired) electrons. The quantitative estimate of drug-likeness (QED) is 0.725. The number of fused-ring (bicyclic) bond motifs is 1. The van der Waals surface area contributed by atoms with Crippen LogP contribution in [0.15, 0.2) is 28.9 Å². The second-order valence-corrected chi connectivity index (χ2v) is 2.90. The Bertz CT molecular complexity index is 468. The third kappa shape index (κ3) is 1.09. The van der Waals surface area contributed by atoms with Crippen LogP contribution in [0.25, 0.3) is 11.0 Å². The Labute approximate surface area is 74.6 Å². The number of hydrogen-bond acceptors (Lipinski definition) is 2. The van der Waals surface area contributed by atoms with Gasteiger partial charge >= 0.3 is 5.97 Å². The fourth-order valence-corrected chi connectivity index (χ4v) is 1.42. The van der Waals surface area contributed by atoms with Crippen molar-refractivity contribution < 1.29 is 14.3 Å². The number of benzene rings is 1. The van der Waals surface area contributed by atoms with Crippen LogP contribution < -0.4 is 0 Å². The molecule has 0 saturated carbocycles. The van der Waals surface area contributed by atoms with Crippen LogP contribution in [0.3, 0.4) is 0 Å². The predicted octanol–water partition coefficient (Wildman–Crippen LogP) is 2.44. The number of aromatic carboxylic acids is 1. The lowest BCUT2D eigenvalue weighted by atomic mass is 10.1. The molecule has 0 amide bonds. The maximum Gasteiger partial charge on any atom is 0.339 e. The molecule has 1 aromatic carbocycles. The first-order valence-corrected chi connectivity index (χ1v) is 3.90. The van der Waals surface area contributed by atoms with Gasteiger partial charge in [0.1, 0.15) is 17.4 Å². The minimum atomic E-state index is -0.951. The van der Waals surface area contributed by atoms with Gasteiger partial charge in [-0.25, -0.2) is 4.79 Å². The normalized spacial score (nSPS) is 10.5. The van der Waals surface area contributed by atoms with Crippen LogP contribution in [-0.2, 0) is 0 Å². The molecule has 3 heteroatoms. The zero-order valence-corrected chi connectivity index (χ0v) is 7.07. The molecule has 0 atom stereocenters. The van der Waals surface area contributed by atoms with Crippen molar-refractivity contribution in [2.24, 2.45) is 0 Å². The molecule has 0 aliphatic heterocycles. The predicted molar refractivity (Wildman–Crippen MR) is 47.9 cm³/mol. The van der Waals surface area contributed by atoms with Gasteiger partial charge in [-0.05, 0) is 18.6 Å². The van der Waals surface area contributed by atoms with Gasteiger partial charge in [-0.15, -0.1) is 0 Å². The summed E-state index contributed by atoms with van der Waals surface area (Å²) >= 11 is 0. The summed E-state index contributed by atoms with van der Waals surface area (Å²) in [6, 6.07) is 5.46. The maximum atomic E-state index is 10.8. The van der Waals surface area contributed by atoms with Gasteiger partial charge in [0.25, 0.3) is 0 Å². The zero-order chi connectivity index (χ0) is 9.42. The fourth-order valence-electron chi connectivity index (χ4n) is 1.42. The summed E-state index contributed by atoms with van der Waals surface area (Å²) in [4.78, 5) is 10.8. The van der Waals surface area contributed by atoms with Gasteiger partial charge in [0.2, 0.25) is 0 Å². The Morgan fingerprint density at radius 3 is 2.92 bits per heavy atom. The molecule has 13 heavy (non-hydrogen) atoms. The molecule has 2 aromatic rings. The minimum Gasteiger partial charge on any atom is -0.478 e.